The zero-order valence-electron chi connectivity index (χ0n) is 17.3. The number of carbonyl (C=O) groups is 2. The Morgan fingerprint density at radius 3 is 2.45 bits per heavy atom. The summed E-state index contributed by atoms with van der Waals surface area (Å²) in [7, 11) is 0. The fourth-order valence-electron chi connectivity index (χ4n) is 3.53. The van der Waals surface area contributed by atoms with Gasteiger partial charge in [0, 0.05) is 36.1 Å². The lowest BCUT2D eigenvalue weighted by Crippen LogP contribution is -2.33. The SMILES string of the molecule is Cc1ccc(-c2ccc(=O)n(CC(=O)NCc3ccc(C(=O)N4CCCC4)cc3)n2)s1. The number of thiophene rings is 1. The van der Waals surface area contributed by atoms with Crippen LogP contribution in [0.4, 0.5) is 0 Å². The molecule has 3 heterocycles. The molecule has 4 rings (SSSR count). The number of amides is 2. The molecule has 0 unspecified atom stereocenters. The number of benzene rings is 1. The zero-order valence-corrected chi connectivity index (χ0v) is 18.2. The van der Waals surface area contributed by atoms with Crippen LogP contribution in [0.5, 0.6) is 0 Å². The van der Waals surface area contributed by atoms with E-state index in [1.54, 1.807) is 29.5 Å². The second-order valence-corrected chi connectivity index (χ2v) is 8.89. The molecule has 2 amide bonds. The topological polar surface area (TPSA) is 84.3 Å². The molecule has 0 spiro atoms. The van der Waals surface area contributed by atoms with E-state index in [0.29, 0.717) is 17.8 Å². The van der Waals surface area contributed by atoms with Crippen molar-refractivity contribution in [3.05, 3.63) is 74.9 Å². The van der Waals surface area contributed by atoms with Gasteiger partial charge in [-0.05, 0) is 55.7 Å². The van der Waals surface area contributed by atoms with Gasteiger partial charge >= 0.3 is 0 Å². The molecule has 0 atom stereocenters. The van der Waals surface area contributed by atoms with Crippen molar-refractivity contribution in [2.45, 2.75) is 32.9 Å². The summed E-state index contributed by atoms with van der Waals surface area (Å²) in [6, 6.07) is 14.3. The zero-order chi connectivity index (χ0) is 21.8. The van der Waals surface area contributed by atoms with Crippen LogP contribution in [0.2, 0.25) is 0 Å². The summed E-state index contributed by atoms with van der Waals surface area (Å²) in [5, 5.41) is 7.14. The van der Waals surface area contributed by atoms with E-state index in [-0.39, 0.29) is 23.9 Å². The highest BCUT2D eigenvalue weighted by Gasteiger charge is 2.19. The first-order valence-electron chi connectivity index (χ1n) is 10.3. The van der Waals surface area contributed by atoms with E-state index in [1.165, 1.54) is 10.7 Å². The summed E-state index contributed by atoms with van der Waals surface area (Å²) in [6.07, 6.45) is 2.12. The van der Waals surface area contributed by atoms with Gasteiger partial charge in [0.25, 0.3) is 11.5 Å². The van der Waals surface area contributed by atoms with Gasteiger partial charge in [-0.1, -0.05) is 12.1 Å². The maximum absolute atomic E-state index is 12.4. The van der Waals surface area contributed by atoms with Crippen LogP contribution in [0.3, 0.4) is 0 Å². The Labute approximate surface area is 184 Å². The molecular formula is C23H24N4O3S. The highest BCUT2D eigenvalue weighted by atomic mass is 32.1. The predicted molar refractivity (Wildman–Crippen MR) is 120 cm³/mol. The summed E-state index contributed by atoms with van der Waals surface area (Å²) >= 11 is 1.59. The minimum Gasteiger partial charge on any atom is -0.350 e. The Hall–Kier alpha value is -3.26. The highest BCUT2D eigenvalue weighted by molar-refractivity contribution is 7.15. The van der Waals surface area contributed by atoms with E-state index >= 15 is 0 Å². The molecule has 0 aliphatic carbocycles. The molecule has 2 aromatic heterocycles. The van der Waals surface area contributed by atoms with Crippen LogP contribution in [-0.2, 0) is 17.9 Å². The van der Waals surface area contributed by atoms with E-state index in [2.05, 4.69) is 10.4 Å². The summed E-state index contributed by atoms with van der Waals surface area (Å²) in [6.45, 7) is 3.80. The molecule has 160 valence electrons. The smallest absolute Gasteiger partial charge is 0.267 e. The van der Waals surface area contributed by atoms with Gasteiger partial charge in [-0.2, -0.15) is 5.10 Å². The Balaban J connectivity index is 1.35. The number of rotatable bonds is 6. The van der Waals surface area contributed by atoms with Crippen LogP contribution < -0.4 is 10.9 Å². The largest absolute Gasteiger partial charge is 0.350 e. The molecule has 0 saturated carbocycles. The van der Waals surface area contributed by atoms with Crippen LogP contribution in [0.1, 0.15) is 33.6 Å². The van der Waals surface area contributed by atoms with Crippen molar-refractivity contribution in [3.63, 3.8) is 0 Å². The quantitative estimate of drug-likeness (QED) is 0.644. The number of aryl methyl sites for hydroxylation is 1. The van der Waals surface area contributed by atoms with Gasteiger partial charge in [-0.15, -0.1) is 11.3 Å². The number of hydrogen-bond acceptors (Lipinski definition) is 5. The minimum atomic E-state index is -0.322. The van der Waals surface area contributed by atoms with Crippen molar-refractivity contribution < 1.29 is 9.59 Å². The van der Waals surface area contributed by atoms with Crippen molar-refractivity contribution in [1.82, 2.24) is 20.0 Å². The molecule has 0 bridgehead atoms. The first kappa shape index (κ1) is 21.0. The van der Waals surface area contributed by atoms with E-state index in [4.69, 9.17) is 0 Å². The van der Waals surface area contributed by atoms with Crippen molar-refractivity contribution in [2.75, 3.05) is 13.1 Å². The Morgan fingerprint density at radius 1 is 1.03 bits per heavy atom. The molecule has 1 fully saturated rings. The average Bonchev–Trinajstić information content (AvgIpc) is 3.46. The standard InChI is InChI=1S/C23H24N4O3S/c1-16-4-10-20(31-16)19-9-11-22(29)27(25-19)15-21(28)24-14-17-5-7-18(8-6-17)23(30)26-12-2-3-13-26/h4-11H,2-3,12-15H2,1H3,(H,24,28). The summed E-state index contributed by atoms with van der Waals surface area (Å²) in [5.41, 5.74) is 1.89. The van der Waals surface area contributed by atoms with Crippen molar-refractivity contribution in [2.24, 2.45) is 0 Å². The fourth-order valence-corrected chi connectivity index (χ4v) is 4.36. The molecule has 1 aromatic carbocycles. The van der Waals surface area contributed by atoms with Crippen LogP contribution in [0.15, 0.2) is 53.3 Å². The van der Waals surface area contributed by atoms with Crippen LogP contribution in [0, 0.1) is 6.92 Å². The molecule has 0 radical (unpaired) electrons. The number of likely N-dealkylation sites (tertiary alicyclic amines) is 1. The van der Waals surface area contributed by atoms with Crippen LogP contribution in [0.25, 0.3) is 10.6 Å². The number of nitrogens with one attached hydrogen (secondary N) is 1. The second kappa shape index (κ2) is 9.26. The Bertz CT molecular complexity index is 1140. The van der Waals surface area contributed by atoms with E-state index < -0.39 is 0 Å². The molecule has 1 saturated heterocycles. The van der Waals surface area contributed by atoms with Crippen molar-refractivity contribution in [3.8, 4) is 10.6 Å². The molecule has 1 aliphatic rings. The molecule has 31 heavy (non-hydrogen) atoms. The maximum Gasteiger partial charge on any atom is 0.267 e. The molecule has 8 heteroatoms. The van der Waals surface area contributed by atoms with E-state index in [9.17, 15) is 14.4 Å². The highest BCUT2D eigenvalue weighted by Crippen LogP contribution is 2.25. The minimum absolute atomic E-state index is 0.0550. The lowest BCUT2D eigenvalue weighted by Gasteiger charge is -2.15. The molecule has 1 aliphatic heterocycles. The van der Waals surface area contributed by atoms with E-state index in [1.807, 2.05) is 36.1 Å². The summed E-state index contributed by atoms with van der Waals surface area (Å²) in [5.74, 6) is -0.245. The normalized spacial score (nSPS) is 13.4. The number of aromatic nitrogens is 2. The average molecular weight is 437 g/mol. The third-order valence-corrected chi connectivity index (χ3v) is 6.26. The van der Waals surface area contributed by atoms with Crippen LogP contribution in [-0.4, -0.2) is 39.6 Å². The third-order valence-electron chi connectivity index (χ3n) is 5.24. The third kappa shape index (κ3) is 5.08. The molecule has 1 N–H and O–H groups in total. The molecular weight excluding hydrogens is 412 g/mol. The van der Waals surface area contributed by atoms with Gasteiger partial charge in [0.15, 0.2) is 0 Å². The fraction of sp³-hybridized carbons (Fsp3) is 0.304. The Kier molecular flexibility index (Phi) is 6.27. The molecule has 3 aromatic rings. The van der Waals surface area contributed by atoms with E-state index in [0.717, 1.165) is 41.2 Å². The van der Waals surface area contributed by atoms with Gasteiger partial charge in [-0.3, -0.25) is 14.4 Å². The second-order valence-electron chi connectivity index (χ2n) is 7.60. The summed E-state index contributed by atoms with van der Waals surface area (Å²) < 4.78 is 1.18. The van der Waals surface area contributed by atoms with Gasteiger partial charge in [0.1, 0.15) is 12.2 Å². The molecule has 7 nitrogen and oxygen atoms in total. The van der Waals surface area contributed by atoms with Gasteiger partial charge in [-0.25, -0.2) is 4.68 Å². The van der Waals surface area contributed by atoms with Crippen molar-refractivity contribution in [1.29, 1.82) is 0 Å². The first-order chi connectivity index (χ1) is 15.0. The number of hydrogen-bond donors (Lipinski definition) is 1. The Morgan fingerprint density at radius 2 is 1.77 bits per heavy atom. The van der Waals surface area contributed by atoms with Crippen LogP contribution >= 0.6 is 11.3 Å². The predicted octanol–water partition coefficient (Wildman–Crippen LogP) is 2.83. The van der Waals surface area contributed by atoms with Gasteiger partial charge in [0.2, 0.25) is 5.91 Å². The monoisotopic (exact) mass is 436 g/mol. The first-order valence-corrected chi connectivity index (χ1v) is 11.1. The summed E-state index contributed by atoms with van der Waals surface area (Å²) in [4.78, 5) is 40.9. The maximum atomic E-state index is 12.4. The van der Waals surface area contributed by atoms with Gasteiger partial charge in [0.05, 0.1) is 4.88 Å². The lowest BCUT2D eigenvalue weighted by atomic mass is 10.1. The number of nitrogens with zero attached hydrogens (tertiary/aromatic N) is 3. The lowest BCUT2D eigenvalue weighted by molar-refractivity contribution is -0.122. The number of carbonyl (C=O) groups excluding carboxylic acids is 2. The van der Waals surface area contributed by atoms with Crippen molar-refractivity contribution >= 4 is 23.2 Å². The van der Waals surface area contributed by atoms with Gasteiger partial charge < -0.3 is 10.2 Å².